The first-order chi connectivity index (χ1) is 16.2. The van der Waals surface area contributed by atoms with E-state index in [1.165, 1.54) is 25.3 Å². The molecule has 2 aromatic rings. The fourth-order valence-electron chi connectivity index (χ4n) is 4.11. The molecule has 0 saturated carbocycles. The molecule has 1 aromatic heterocycles. The number of methoxy groups -OCH3 is 1. The third kappa shape index (κ3) is 5.07. The highest BCUT2D eigenvalue weighted by molar-refractivity contribution is 6.31. The molecule has 1 aromatic carbocycles. The molecule has 0 radical (unpaired) electrons. The van der Waals surface area contributed by atoms with Crippen LogP contribution < -0.4 is 9.47 Å². The van der Waals surface area contributed by atoms with Crippen molar-refractivity contribution in [2.24, 2.45) is 0 Å². The van der Waals surface area contributed by atoms with E-state index in [-0.39, 0.29) is 37.4 Å². The largest absolute Gasteiger partial charge is 0.522 e. The average molecular weight is 503 g/mol. The number of halogens is 4. The number of hydrogen-bond donors (Lipinski definition) is 0. The lowest BCUT2D eigenvalue weighted by atomic mass is 9.85. The Labute approximate surface area is 198 Å². The number of carbonyl (C=O) groups is 1. The zero-order chi connectivity index (χ0) is 24.3. The summed E-state index contributed by atoms with van der Waals surface area (Å²) in [6.45, 7) is -0.307. The van der Waals surface area contributed by atoms with Crippen molar-refractivity contribution in [2.45, 2.75) is 24.5 Å². The van der Waals surface area contributed by atoms with Gasteiger partial charge in [0.05, 0.1) is 31.0 Å². The Bertz CT molecular complexity index is 1040. The van der Waals surface area contributed by atoms with Gasteiger partial charge in [0.2, 0.25) is 0 Å². The van der Waals surface area contributed by atoms with E-state index in [1.807, 2.05) is 0 Å². The molecule has 4 rings (SSSR count). The summed E-state index contributed by atoms with van der Waals surface area (Å²) in [5, 5.41) is 0.471. The van der Waals surface area contributed by atoms with E-state index >= 15 is 0 Å². The number of hydrogen-bond acceptors (Lipinski definition) is 7. The summed E-state index contributed by atoms with van der Waals surface area (Å²) in [5.74, 6) is 0.145. The molecule has 184 valence electrons. The second kappa shape index (κ2) is 9.95. The first-order valence-corrected chi connectivity index (χ1v) is 10.8. The normalized spacial score (nSPS) is 22.4. The van der Waals surface area contributed by atoms with Crippen molar-refractivity contribution in [3.8, 4) is 11.5 Å². The van der Waals surface area contributed by atoms with Crippen LogP contribution >= 0.6 is 11.6 Å². The van der Waals surface area contributed by atoms with Gasteiger partial charge in [-0.3, -0.25) is 14.5 Å². The van der Waals surface area contributed by atoms with Crippen LogP contribution in [0.5, 0.6) is 11.5 Å². The number of piperidine rings is 1. The number of nitrogens with zero attached hydrogens (tertiary/aromatic N) is 2. The van der Waals surface area contributed by atoms with E-state index in [9.17, 15) is 18.0 Å². The van der Waals surface area contributed by atoms with Crippen molar-refractivity contribution < 1.29 is 41.7 Å². The average Bonchev–Trinajstić information content (AvgIpc) is 3.25. The smallest absolute Gasteiger partial charge is 0.493 e. The molecule has 8 nitrogen and oxygen atoms in total. The van der Waals surface area contributed by atoms with E-state index in [0.29, 0.717) is 29.2 Å². The molecule has 0 aliphatic carbocycles. The van der Waals surface area contributed by atoms with Crippen LogP contribution in [0.4, 0.5) is 13.2 Å². The second-order valence-electron chi connectivity index (χ2n) is 7.65. The molecular weight excluding hydrogens is 481 g/mol. The molecule has 2 saturated heterocycles. The maximum atomic E-state index is 13.2. The highest BCUT2D eigenvalue weighted by Crippen LogP contribution is 2.44. The molecule has 0 N–H and O–H groups in total. The Kier molecular flexibility index (Phi) is 7.17. The van der Waals surface area contributed by atoms with E-state index in [1.54, 1.807) is 23.2 Å². The van der Waals surface area contributed by atoms with Crippen LogP contribution in [-0.2, 0) is 19.8 Å². The lowest BCUT2D eigenvalue weighted by molar-refractivity contribution is -0.325. The Hall–Kier alpha value is -2.60. The summed E-state index contributed by atoms with van der Waals surface area (Å²) in [6.07, 6.45) is -3.10. The minimum Gasteiger partial charge on any atom is -0.493 e. The Morgan fingerprint density at radius 3 is 2.85 bits per heavy atom. The standard InChI is InChI=1S/C22H22ClF3N2O6/c1-30-17-11-14(4-5-16(17)31-9-10-33-22(24,25)26)20(29)28-8-6-21(18(12-28)32-13-34-21)19-15(23)3-2-7-27-19/h2-5,7,11,18H,6,8-10,12-13H2,1H3/t18-,21+/m1/s1. The SMILES string of the molecule is COc1cc(C(=O)N2CC[C@]3(c4ncccc4Cl)OCO[C@@H]3C2)ccc1OCCOC(F)(F)F. The minimum atomic E-state index is -4.73. The number of aromatic nitrogens is 1. The zero-order valence-corrected chi connectivity index (χ0v) is 18.9. The monoisotopic (exact) mass is 502 g/mol. The van der Waals surface area contributed by atoms with Gasteiger partial charge < -0.3 is 23.8 Å². The first-order valence-electron chi connectivity index (χ1n) is 10.4. The van der Waals surface area contributed by atoms with Crippen LogP contribution in [0.25, 0.3) is 0 Å². The van der Waals surface area contributed by atoms with Gasteiger partial charge in [-0.25, -0.2) is 0 Å². The van der Waals surface area contributed by atoms with E-state index < -0.39 is 24.7 Å². The number of ether oxygens (including phenoxy) is 5. The van der Waals surface area contributed by atoms with E-state index in [0.717, 1.165) is 0 Å². The van der Waals surface area contributed by atoms with Crippen molar-refractivity contribution in [3.05, 3.63) is 52.8 Å². The Balaban J connectivity index is 1.44. The molecule has 2 fully saturated rings. The molecule has 12 heteroatoms. The fraction of sp³-hybridized carbons (Fsp3) is 0.455. The van der Waals surface area contributed by atoms with Gasteiger partial charge in [0.1, 0.15) is 25.1 Å². The third-order valence-electron chi connectivity index (χ3n) is 5.71. The summed E-state index contributed by atoms with van der Waals surface area (Å²) < 4.78 is 62.2. The molecule has 2 aliphatic heterocycles. The highest BCUT2D eigenvalue weighted by Gasteiger charge is 2.53. The number of benzene rings is 1. The van der Waals surface area contributed by atoms with Crippen LogP contribution in [0.2, 0.25) is 5.02 Å². The summed E-state index contributed by atoms with van der Waals surface area (Å²) in [7, 11) is 1.37. The maximum absolute atomic E-state index is 13.2. The van der Waals surface area contributed by atoms with Gasteiger partial charge in [-0.15, -0.1) is 13.2 Å². The van der Waals surface area contributed by atoms with E-state index in [4.69, 9.17) is 30.5 Å². The topological polar surface area (TPSA) is 79.4 Å². The number of fused-ring (bicyclic) bond motifs is 1. The van der Waals surface area contributed by atoms with Gasteiger partial charge in [0.25, 0.3) is 5.91 Å². The molecule has 1 amide bonds. The van der Waals surface area contributed by atoms with Gasteiger partial charge >= 0.3 is 6.36 Å². The number of carbonyl (C=O) groups excluding carboxylic acids is 1. The predicted octanol–water partition coefficient (Wildman–Crippen LogP) is 3.77. The maximum Gasteiger partial charge on any atom is 0.522 e. The predicted molar refractivity (Wildman–Crippen MR) is 113 cm³/mol. The van der Waals surface area contributed by atoms with Crippen molar-refractivity contribution in [3.63, 3.8) is 0 Å². The van der Waals surface area contributed by atoms with Crippen molar-refractivity contribution in [1.82, 2.24) is 9.88 Å². The summed E-state index contributed by atoms with van der Waals surface area (Å²) in [5.41, 5.74) is 0.0881. The van der Waals surface area contributed by atoms with Gasteiger partial charge in [0, 0.05) is 24.7 Å². The van der Waals surface area contributed by atoms with Crippen LogP contribution in [0.15, 0.2) is 36.5 Å². The summed E-state index contributed by atoms with van der Waals surface area (Å²) >= 11 is 6.36. The molecule has 0 spiro atoms. The molecule has 0 bridgehead atoms. The Morgan fingerprint density at radius 1 is 1.29 bits per heavy atom. The van der Waals surface area contributed by atoms with Crippen molar-refractivity contribution in [1.29, 1.82) is 0 Å². The van der Waals surface area contributed by atoms with Crippen LogP contribution in [0.1, 0.15) is 22.5 Å². The van der Waals surface area contributed by atoms with Crippen molar-refractivity contribution in [2.75, 3.05) is 40.2 Å². The fourth-order valence-corrected chi connectivity index (χ4v) is 4.39. The van der Waals surface area contributed by atoms with Crippen LogP contribution in [0, 0.1) is 0 Å². The zero-order valence-electron chi connectivity index (χ0n) is 18.1. The number of amides is 1. The molecule has 34 heavy (non-hydrogen) atoms. The number of likely N-dealkylation sites (tertiary alicyclic amines) is 1. The Morgan fingerprint density at radius 2 is 2.12 bits per heavy atom. The summed E-state index contributed by atoms with van der Waals surface area (Å²) in [4.78, 5) is 19.2. The first kappa shape index (κ1) is 24.5. The van der Waals surface area contributed by atoms with Gasteiger partial charge in [-0.1, -0.05) is 11.6 Å². The second-order valence-corrected chi connectivity index (χ2v) is 8.06. The molecular formula is C22H22ClF3N2O6. The van der Waals surface area contributed by atoms with Gasteiger partial charge in [0.15, 0.2) is 11.5 Å². The number of pyridine rings is 1. The lowest BCUT2D eigenvalue weighted by Crippen LogP contribution is -2.54. The number of rotatable bonds is 7. The molecule has 2 atom stereocenters. The van der Waals surface area contributed by atoms with Crippen LogP contribution in [-0.4, -0.2) is 68.5 Å². The van der Waals surface area contributed by atoms with E-state index in [2.05, 4.69) is 9.72 Å². The van der Waals surface area contributed by atoms with Gasteiger partial charge in [-0.05, 0) is 30.3 Å². The van der Waals surface area contributed by atoms with Gasteiger partial charge in [-0.2, -0.15) is 0 Å². The quantitative estimate of drug-likeness (QED) is 0.533. The van der Waals surface area contributed by atoms with Crippen LogP contribution in [0.3, 0.4) is 0 Å². The third-order valence-corrected chi connectivity index (χ3v) is 6.01. The number of alkyl halides is 3. The lowest BCUT2D eigenvalue weighted by Gasteiger charge is -2.41. The van der Waals surface area contributed by atoms with Crippen molar-refractivity contribution >= 4 is 17.5 Å². The summed E-state index contributed by atoms with van der Waals surface area (Å²) in [6, 6.07) is 7.94. The minimum absolute atomic E-state index is 0.0670. The molecule has 3 heterocycles. The highest BCUT2D eigenvalue weighted by atomic mass is 35.5. The molecule has 2 aliphatic rings. The molecule has 0 unspecified atom stereocenters.